The smallest absolute Gasteiger partial charge is 0.255 e. The van der Waals surface area contributed by atoms with Gasteiger partial charge in [-0.3, -0.25) is 9.78 Å². The van der Waals surface area contributed by atoms with Crippen LogP contribution in [0.4, 0.5) is 5.82 Å². The molecule has 0 radical (unpaired) electrons. The number of piperazine rings is 1. The number of rotatable bonds is 2. The van der Waals surface area contributed by atoms with E-state index in [-0.39, 0.29) is 5.91 Å². The van der Waals surface area contributed by atoms with E-state index in [1.54, 1.807) is 24.5 Å². The third kappa shape index (κ3) is 3.27. The molecule has 6 heteroatoms. The first kappa shape index (κ1) is 17.9. The Morgan fingerprint density at radius 1 is 1.14 bits per heavy atom. The number of pyridine rings is 2. The van der Waals surface area contributed by atoms with Gasteiger partial charge >= 0.3 is 0 Å². The highest BCUT2D eigenvalue weighted by atomic mass is 16.2. The van der Waals surface area contributed by atoms with Crippen molar-refractivity contribution in [3.63, 3.8) is 0 Å². The van der Waals surface area contributed by atoms with Crippen LogP contribution in [0.2, 0.25) is 0 Å². The van der Waals surface area contributed by atoms with Gasteiger partial charge in [-0.15, -0.1) is 0 Å². The second-order valence-corrected chi connectivity index (χ2v) is 7.14. The summed E-state index contributed by atoms with van der Waals surface area (Å²) in [5.74, 6) is 0.694. The normalized spacial score (nSPS) is 14.2. The first-order chi connectivity index (χ1) is 13.6. The number of carbonyl (C=O) groups is 1. The Labute approximate surface area is 164 Å². The molecule has 3 heterocycles. The van der Waals surface area contributed by atoms with E-state index in [9.17, 15) is 10.1 Å². The van der Waals surface area contributed by atoms with Crippen LogP contribution in [0.15, 0.2) is 42.7 Å². The average Bonchev–Trinajstić information content (AvgIpc) is 2.73. The van der Waals surface area contributed by atoms with Crippen molar-refractivity contribution >= 4 is 22.6 Å². The number of amides is 1. The van der Waals surface area contributed by atoms with Gasteiger partial charge in [0.15, 0.2) is 0 Å². The van der Waals surface area contributed by atoms with Gasteiger partial charge in [-0.2, -0.15) is 5.26 Å². The molecule has 1 amide bonds. The fraction of sp³-hybridized carbons (Fsp3) is 0.273. The topological polar surface area (TPSA) is 73.1 Å². The number of hydrogen-bond donors (Lipinski definition) is 0. The maximum atomic E-state index is 12.6. The first-order valence-corrected chi connectivity index (χ1v) is 9.33. The van der Waals surface area contributed by atoms with Crippen LogP contribution in [-0.2, 0) is 0 Å². The van der Waals surface area contributed by atoms with Crippen LogP contribution in [0.1, 0.15) is 27.0 Å². The van der Waals surface area contributed by atoms with Crippen molar-refractivity contribution < 1.29 is 4.79 Å². The summed E-state index contributed by atoms with van der Waals surface area (Å²) in [4.78, 5) is 25.4. The van der Waals surface area contributed by atoms with Gasteiger partial charge in [-0.1, -0.05) is 6.07 Å². The van der Waals surface area contributed by atoms with Crippen molar-refractivity contribution in [2.24, 2.45) is 0 Å². The van der Waals surface area contributed by atoms with Gasteiger partial charge in [0.05, 0.1) is 16.6 Å². The number of aromatic nitrogens is 2. The summed E-state index contributed by atoms with van der Waals surface area (Å²) in [6.07, 6.45) is 3.25. The maximum Gasteiger partial charge on any atom is 0.255 e. The largest absolute Gasteiger partial charge is 0.352 e. The zero-order chi connectivity index (χ0) is 19.7. The Balaban J connectivity index is 1.58. The predicted molar refractivity (Wildman–Crippen MR) is 108 cm³/mol. The third-order valence-electron chi connectivity index (χ3n) is 5.16. The van der Waals surface area contributed by atoms with Gasteiger partial charge in [-0.05, 0) is 49.2 Å². The van der Waals surface area contributed by atoms with Gasteiger partial charge < -0.3 is 9.80 Å². The Hall–Kier alpha value is -3.46. The number of aryl methyl sites for hydroxylation is 2. The van der Waals surface area contributed by atoms with Gasteiger partial charge in [0, 0.05) is 44.0 Å². The Kier molecular flexibility index (Phi) is 4.66. The first-order valence-electron chi connectivity index (χ1n) is 9.33. The highest BCUT2D eigenvalue weighted by Gasteiger charge is 2.24. The van der Waals surface area contributed by atoms with E-state index >= 15 is 0 Å². The minimum atomic E-state index is -0.00835. The number of anilines is 1. The van der Waals surface area contributed by atoms with Crippen molar-refractivity contribution in [1.29, 1.82) is 5.26 Å². The van der Waals surface area contributed by atoms with E-state index in [0.717, 1.165) is 22.0 Å². The van der Waals surface area contributed by atoms with Crippen molar-refractivity contribution in [2.75, 3.05) is 31.1 Å². The van der Waals surface area contributed by atoms with Crippen molar-refractivity contribution in [2.45, 2.75) is 13.8 Å². The molecule has 0 saturated carbocycles. The standard InChI is InChI=1S/C22H21N5O/c1-15-10-16(2)19-12-18(13-23)21(25-20(19)11-15)26-6-8-27(9-7-26)22(28)17-4-3-5-24-14-17/h3-5,10-12,14H,6-9H2,1-2H3. The van der Waals surface area contributed by atoms with Crippen molar-refractivity contribution in [3.8, 4) is 6.07 Å². The number of hydrogen-bond acceptors (Lipinski definition) is 5. The number of nitriles is 1. The molecular formula is C22H21N5O. The lowest BCUT2D eigenvalue weighted by Gasteiger charge is -2.35. The molecule has 0 aliphatic carbocycles. The number of benzene rings is 1. The molecule has 6 nitrogen and oxygen atoms in total. The molecule has 0 N–H and O–H groups in total. The Bertz CT molecular complexity index is 1080. The molecule has 140 valence electrons. The van der Waals surface area contributed by atoms with Crippen LogP contribution < -0.4 is 4.90 Å². The highest BCUT2D eigenvalue weighted by Crippen LogP contribution is 2.27. The molecule has 1 aliphatic rings. The molecule has 1 aromatic carbocycles. The molecule has 3 aromatic rings. The van der Waals surface area contributed by atoms with Crippen LogP contribution in [0.3, 0.4) is 0 Å². The van der Waals surface area contributed by atoms with Crippen molar-refractivity contribution in [3.05, 3.63) is 65.0 Å². The van der Waals surface area contributed by atoms with Crippen LogP contribution in [0, 0.1) is 25.2 Å². The Morgan fingerprint density at radius 3 is 2.61 bits per heavy atom. The molecule has 28 heavy (non-hydrogen) atoms. The maximum absolute atomic E-state index is 12.6. The average molecular weight is 371 g/mol. The van der Waals surface area contributed by atoms with Crippen LogP contribution >= 0.6 is 0 Å². The number of fused-ring (bicyclic) bond motifs is 1. The van der Waals surface area contributed by atoms with Gasteiger partial charge in [0.1, 0.15) is 11.9 Å². The molecule has 2 aromatic heterocycles. The zero-order valence-electron chi connectivity index (χ0n) is 16.0. The second-order valence-electron chi connectivity index (χ2n) is 7.14. The molecule has 0 unspecified atom stereocenters. The summed E-state index contributed by atoms with van der Waals surface area (Å²) in [7, 11) is 0. The third-order valence-corrected chi connectivity index (χ3v) is 5.16. The molecular weight excluding hydrogens is 350 g/mol. The van der Waals surface area contributed by atoms with Crippen molar-refractivity contribution in [1.82, 2.24) is 14.9 Å². The molecule has 4 rings (SSSR count). The SMILES string of the molecule is Cc1cc(C)c2cc(C#N)c(N3CCN(C(=O)c4cccnc4)CC3)nc2c1. The van der Waals surface area contributed by atoms with E-state index < -0.39 is 0 Å². The summed E-state index contributed by atoms with van der Waals surface area (Å²) >= 11 is 0. The summed E-state index contributed by atoms with van der Waals surface area (Å²) in [5, 5.41) is 10.7. The summed E-state index contributed by atoms with van der Waals surface area (Å²) in [6, 6.07) is 11.9. The number of carbonyl (C=O) groups excluding carboxylic acids is 1. The summed E-state index contributed by atoms with van der Waals surface area (Å²) in [5.41, 5.74) is 4.35. The van der Waals surface area contributed by atoms with E-state index in [1.165, 1.54) is 0 Å². The minimum absolute atomic E-state index is 0.00835. The lowest BCUT2D eigenvalue weighted by molar-refractivity contribution is 0.0746. The van der Waals surface area contributed by atoms with Crippen LogP contribution in [-0.4, -0.2) is 47.0 Å². The fourth-order valence-corrected chi connectivity index (χ4v) is 3.74. The van der Waals surface area contributed by atoms with E-state index in [4.69, 9.17) is 4.98 Å². The molecule has 1 aliphatic heterocycles. The van der Waals surface area contributed by atoms with Gasteiger partial charge in [-0.25, -0.2) is 4.98 Å². The molecule has 1 fully saturated rings. The van der Waals surface area contributed by atoms with Crippen LogP contribution in [0.25, 0.3) is 10.9 Å². The predicted octanol–water partition coefficient (Wildman–Crippen LogP) is 3.08. The lowest BCUT2D eigenvalue weighted by atomic mass is 10.0. The highest BCUT2D eigenvalue weighted by molar-refractivity contribution is 5.94. The number of nitrogens with zero attached hydrogens (tertiary/aromatic N) is 5. The van der Waals surface area contributed by atoms with Crippen LogP contribution in [0.5, 0.6) is 0 Å². The molecule has 0 bridgehead atoms. The molecule has 0 atom stereocenters. The van der Waals surface area contributed by atoms with E-state index in [0.29, 0.717) is 43.1 Å². The monoisotopic (exact) mass is 371 g/mol. The fourth-order valence-electron chi connectivity index (χ4n) is 3.74. The van der Waals surface area contributed by atoms with Gasteiger partial charge in [0.2, 0.25) is 0 Å². The minimum Gasteiger partial charge on any atom is -0.352 e. The van der Waals surface area contributed by atoms with E-state index in [1.807, 2.05) is 17.9 Å². The lowest BCUT2D eigenvalue weighted by Crippen LogP contribution is -2.49. The second kappa shape index (κ2) is 7.28. The zero-order valence-corrected chi connectivity index (χ0v) is 16.0. The summed E-state index contributed by atoms with van der Waals surface area (Å²) in [6.45, 7) is 6.56. The van der Waals surface area contributed by atoms with Gasteiger partial charge in [0.25, 0.3) is 5.91 Å². The quantitative estimate of drug-likeness (QED) is 0.692. The Morgan fingerprint density at radius 2 is 1.93 bits per heavy atom. The summed E-state index contributed by atoms with van der Waals surface area (Å²) < 4.78 is 0. The van der Waals surface area contributed by atoms with E-state index in [2.05, 4.69) is 35.0 Å². The molecule has 0 spiro atoms. The molecule has 1 saturated heterocycles.